The fraction of sp³-hybridized carbons (Fsp3) is 0.933. The number of nitrogens with one attached hydrogen (secondary N) is 2. The maximum atomic E-state index is 4.75. The lowest BCUT2D eigenvalue weighted by Gasteiger charge is -2.40. The van der Waals surface area contributed by atoms with Gasteiger partial charge in [-0.3, -0.25) is 9.89 Å². The zero-order valence-electron chi connectivity index (χ0n) is 13.8. The number of hydrogen-bond acceptors (Lipinski definition) is 2. The van der Waals surface area contributed by atoms with Gasteiger partial charge >= 0.3 is 0 Å². The molecule has 0 atom stereocenters. The summed E-state index contributed by atoms with van der Waals surface area (Å²) in [6.07, 6.45) is 4.04. The van der Waals surface area contributed by atoms with Gasteiger partial charge in [0.2, 0.25) is 0 Å². The first kappa shape index (κ1) is 20.0. The summed E-state index contributed by atoms with van der Waals surface area (Å²) >= 11 is 0. The van der Waals surface area contributed by atoms with E-state index in [1.807, 2.05) is 0 Å². The van der Waals surface area contributed by atoms with Gasteiger partial charge in [-0.25, -0.2) is 0 Å². The predicted octanol–water partition coefficient (Wildman–Crippen LogP) is 2.83. The minimum absolute atomic E-state index is 0. The van der Waals surface area contributed by atoms with E-state index in [-0.39, 0.29) is 29.5 Å². The van der Waals surface area contributed by atoms with E-state index in [0.717, 1.165) is 19.0 Å². The molecule has 0 aromatic rings. The van der Waals surface area contributed by atoms with Crippen LogP contribution in [0.25, 0.3) is 0 Å². The normalized spacial score (nSPS) is 17.8. The molecule has 0 aromatic heterocycles. The van der Waals surface area contributed by atoms with Crippen LogP contribution in [0.2, 0.25) is 0 Å². The van der Waals surface area contributed by atoms with Crippen LogP contribution in [0.4, 0.5) is 0 Å². The minimum Gasteiger partial charge on any atom is -0.357 e. The van der Waals surface area contributed by atoms with Gasteiger partial charge in [0.05, 0.1) is 6.54 Å². The van der Waals surface area contributed by atoms with Crippen molar-refractivity contribution in [2.45, 2.75) is 65.5 Å². The predicted molar refractivity (Wildman–Crippen MR) is 99.2 cm³/mol. The number of halogens is 1. The molecule has 0 amide bonds. The van der Waals surface area contributed by atoms with Gasteiger partial charge in [-0.1, -0.05) is 6.42 Å². The maximum Gasteiger partial charge on any atom is 0.191 e. The highest BCUT2D eigenvalue weighted by atomic mass is 127. The van der Waals surface area contributed by atoms with E-state index >= 15 is 0 Å². The number of likely N-dealkylation sites (tertiary alicyclic amines) is 1. The van der Waals surface area contributed by atoms with E-state index in [4.69, 9.17) is 4.99 Å². The van der Waals surface area contributed by atoms with E-state index in [2.05, 4.69) is 50.2 Å². The number of aliphatic imine (C=N–C) groups is 1. The van der Waals surface area contributed by atoms with Crippen LogP contribution in [0.15, 0.2) is 4.99 Å². The highest BCUT2D eigenvalue weighted by molar-refractivity contribution is 14.0. The van der Waals surface area contributed by atoms with Gasteiger partial charge in [-0.05, 0) is 60.5 Å². The first-order chi connectivity index (χ1) is 8.95. The molecule has 5 heteroatoms. The molecule has 1 aliphatic heterocycles. The van der Waals surface area contributed by atoms with Crippen molar-refractivity contribution in [1.82, 2.24) is 15.5 Å². The van der Waals surface area contributed by atoms with Crippen LogP contribution in [-0.4, -0.2) is 48.6 Å². The van der Waals surface area contributed by atoms with Crippen LogP contribution < -0.4 is 10.6 Å². The largest absolute Gasteiger partial charge is 0.357 e. The summed E-state index contributed by atoms with van der Waals surface area (Å²) in [6, 6.07) is 0.413. The van der Waals surface area contributed by atoms with Crippen LogP contribution in [0.5, 0.6) is 0 Å². The highest BCUT2D eigenvalue weighted by Crippen LogP contribution is 2.20. The number of nitrogens with zero attached hydrogens (tertiary/aromatic N) is 2. The number of hydrogen-bond donors (Lipinski definition) is 2. The number of rotatable bonds is 5. The third-order valence-corrected chi connectivity index (χ3v) is 3.61. The quantitative estimate of drug-likeness (QED) is 0.427. The Hall–Kier alpha value is -0.0400. The molecule has 0 aromatic carbocycles. The number of piperidine rings is 1. The van der Waals surface area contributed by atoms with Crippen LogP contribution in [0.1, 0.15) is 53.9 Å². The van der Waals surface area contributed by atoms with Gasteiger partial charge in [0.15, 0.2) is 5.96 Å². The van der Waals surface area contributed by atoms with Crippen LogP contribution in [-0.2, 0) is 0 Å². The first-order valence-electron chi connectivity index (χ1n) is 7.75. The summed E-state index contributed by atoms with van der Waals surface area (Å²) in [5.74, 6) is 0.933. The standard InChI is InChI=1S/C15H32N4.HI/c1-6-16-14(18-13(2)3)17-12-15(4,5)19-10-8-7-9-11-19;/h13H,6-12H2,1-5H3,(H2,16,17,18);1H. The molecular formula is C15H33IN4. The van der Waals surface area contributed by atoms with Crippen molar-refractivity contribution in [3.8, 4) is 0 Å². The summed E-state index contributed by atoms with van der Waals surface area (Å²) in [6.45, 7) is 15.2. The summed E-state index contributed by atoms with van der Waals surface area (Å²) < 4.78 is 0. The molecule has 0 radical (unpaired) electrons. The molecule has 0 aliphatic carbocycles. The SMILES string of the molecule is CCNC(=NCC(C)(C)N1CCCCC1)NC(C)C.I. The second-order valence-electron chi connectivity index (χ2n) is 6.35. The van der Waals surface area contributed by atoms with Gasteiger partial charge in [-0.15, -0.1) is 24.0 Å². The van der Waals surface area contributed by atoms with Crippen molar-refractivity contribution >= 4 is 29.9 Å². The molecular weight excluding hydrogens is 363 g/mol. The molecule has 1 heterocycles. The Morgan fingerprint density at radius 2 is 1.80 bits per heavy atom. The van der Waals surface area contributed by atoms with E-state index in [0.29, 0.717) is 6.04 Å². The Morgan fingerprint density at radius 1 is 1.20 bits per heavy atom. The Morgan fingerprint density at radius 3 is 2.30 bits per heavy atom. The summed E-state index contributed by atoms with van der Waals surface area (Å²) in [5.41, 5.74) is 0.153. The van der Waals surface area contributed by atoms with E-state index < -0.39 is 0 Å². The molecule has 2 N–H and O–H groups in total. The van der Waals surface area contributed by atoms with Crippen molar-refractivity contribution in [3.05, 3.63) is 0 Å². The average molecular weight is 396 g/mol. The lowest BCUT2D eigenvalue weighted by Crippen LogP contribution is -2.50. The van der Waals surface area contributed by atoms with Gasteiger partial charge < -0.3 is 10.6 Å². The fourth-order valence-electron chi connectivity index (χ4n) is 2.47. The Bertz CT molecular complexity index is 284. The molecule has 120 valence electrons. The Labute approximate surface area is 142 Å². The van der Waals surface area contributed by atoms with Crippen molar-refractivity contribution in [2.75, 3.05) is 26.2 Å². The van der Waals surface area contributed by atoms with Gasteiger partial charge in [0.25, 0.3) is 0 Å². The van der Waals surface area contributed by atoms with Crippen molar-refractivity contribution in [2.24, 2.45) is 4.99 Å². The van der Waals surface area contributed by atoms with E-state index in [9.17, 15) is 0 Å². The smallest absolute Gasteiger partial charge is 0.191 e. The Balaban J connectivity index is 0.00000361. The molecule has 0 spiro atoms. The summed E-state index contributed by atoms with van der Waals surface area (Å²) in [5, 5.41) is 6.69. The van der Waals surface area contributed by atoms with Crippen LogP contribution in [0, 0.1) is 0 Å². The van der Waals surface area contributed by atoms with E-state index in [1.165, 1.54) is 32.4 Å². The third-order valence-electron chi connectivity index (χ3n) is 3.61. The molecule has 20 heavy (non-hydrogen) atoms. The lowest BCUT2D eigenvalue weighted by atomic mass is 9.99. The van der Waals surface area contributed by atoms with Crippen LogP contribution in [0.3, 0.4) is 0 Å². The molecule has 1 aliphatic rings. The molecule has 0 saturated carbocycles. The first-order valence-corrected chi connectivity index (χ1v) is 7.75. The summed E-state index contributed by atoms with van der Waals surface area (Å²) in [7, 11) is 0. The summed E-state index contributed by atoms with van der Waals surface area (Å²) in [4.78, 5) is 7.34. The van der Waals surface area contributed by atoms with Crippen molar-refractivity contribution in [1.29, 1.82) is 0 Å². The number of guanidine groups is 1. The fourth-order valence-corrected chi connectivity index (χ4v) is 2.47. The van der Waals surface area contributed by atoms with Gasteiger partial charge in [-0.2, -0.15) is 0 Å². The highest BCUT2D eigenvalue weighted by Gasteiger charge is 2.27. The molecule has 1 saturated heterocycles. The molecule has 4 nitrogen and oxygen atoms in total. The topological polar surface area (TPSA) is 39.7 Å². The Kier molecular flexibility index (Phi) is 9.80. The minimum atomic E-state index is 0. The average Bonchev–Trinajstić information content (AvgIpc) is 2.37. The lowest BCUT2D eigenvalue weighted by molar-refractivity contribution is 0.102. The zero-order valence-corrected chi connectivity index (χ0v) is 16.2. The molecule has 0 unspecified atom stereocenters. The van der Waals surface area contributed by atoms with E-state index in [1.54, 1.807) is 0 Å². The van der Waals surface area contributed by atoms with Crippen molar-refractivity contribution in [3.63, 3.8) is 0 Å². The molecule has 0 bridgehead atoms. The third kappa shape index (κ3) is 7.11. The monoisotopic (exact) mass is 396 g/mol. The molecule has 1 fully saturated rings. The van der Waals surface area contributed by atoms with Crippen LogP contribution >= 0.6 is 24.0 Å². The van der Waals surface area contributed by atoms with Gasteiger partial charge in [0.1, 0.15) is 0 Å². The second-order valence-corrected chi connectivity index (χ2v) is 6.35. The van der Waals surface area contributed by atoms with Crippen molar-refractivity contribution < 1.29 is 0 Å². The molecule has 1 rings (SSSR count). The second kappa shape index (κ2) is 9.82. The van der Waals surface area contributed by atoms with Gasteiger partial charge in [0, 0.05) is 18.1 Å². The maximum absolute atomic E-state index is 4.75. The zero-order chi connectivity index (χ0) is 14.3.